The van der Waals surface area contributed by atoms with Crippen molar-refractivity contribution >= 4 is 8.32 Å². The molecule has 0 unspecified atom stereocenters. The smallest absolute Gasteiger partial charge is 0.192 e. The molecular weight excluding hydrogens is 233 g/mol. The van der Waals surface area contributed by atoms with Gasteiger partial charge in [0.15, 0.2) is 8.32 Å². The minimum Gasteiger partial charge on any atom is -0.417 e. The Hall–Kier alpha value is -0.193. The first-order valence-electron chi connectivity index (χ1n) is 6.45. The minimum atomic E-state index is -1.72. The molecule has 0 bridgehead atoms. The normalized spacial score (nSPS) is 14.2. The van der Waals surface area contributed by atoms with E-state index >= 15 is 0 Å². The highest BCUT2D eigenvalue weighted by atomic mass is 28.4. The van der Waals surface area contributed by atoms with E-state index in [2.05, 4.69) is 33.9 Å². The number of halogens is 1. The monoisotopic (exact) mass is 261 g/mol. The number of nitrogens with two attached hydrogens (primary N) is 1. The van der Waals surface area contributed by atoms with Gasteiger partial charge in [0.05, 0.1) is 0 Å². The molecule has 0 radical (unpaired) electrons. The Balaban J connectivity index is 4.18. The average Bonchev–Trinajstić information content (AvgIpc) is 2.23. The maximum atomic E-state index is 12.8. The van der Waals surface area contributed by atoms with Gasteiger partial charge in [-0.1, -0.05) is 27.2 Å². The number of hydrogen-bond donors (Lipinski definition) is 1. The highest BCUT2D eigenvalue weighted by molar-refractivity contribution is 6.74. The van der Waals surface area contributed by atoms with E-state index in [1.807, 2.05) is 0 Å². The Morgan fingerprint density at radius 2 is 2.00 bits per heavy atom. The third kappa shape index (κ3) is 5.79. The second-order valence-electron chi connectivity index (χ2n) is 5.64. The zero-order valence-electron chi connectivity index (χ0n) is 12.0. The Labute approximate surface area is 107 Å². The maximum Gasteiger partial charge on any atom is 0.192 e. The molecule has 0 aromatic rings. The number of hydrogen-bond acceptors (Lipinski definition) is 2. The average molecular weight is 261 g/mol. The molecule has 0 heterocycles. The molecule has 0 aromatic carbocycles. The summed E-state index contributed by atoms with van der Waals surface area (Å²) in [7, 11) is -1.72. The van der Waals surface area contributed by atoms with Gasteiger partial charge in [-0.3, -0.25) is 0 Å². The summed E-state index contributed by atoms with van der Waals surface area (Å²) in [5.74, 6) is -0.249. The molecule has 4 heteroatoms. The van der Waals surface area contributed by atoms with Crippen molar-refractivity contribution in [1.29, 1.82) is 0 Å². The summed E-state index contributed by atoms with van der Waals surface area (Å²) in [6.45, 7) is 11.8. The Kier molecular flexibility index (Phi) is 7.20. The SMILES string of the molecule is CCCC(C)(C)[Si](C)(C)OCCC=C(F)CN. The van der Waals surface area contributed by atoms with Gasteiger partial charge in [-0.2, -0.15) is 0 Å². The van der Waals surface area contributed by atoms with Crippen LogP contribution >= 0.6 is 0 Å². The van der Waals surface area contributed by atoms with Crippen LogP contribution in [-0.4, -0.2) is 21.5 Å². The van der Waals surface area contributed by atoms with Crippen molar-refractivity contribution in [3.8, 4) is 0 Å². The topological polar surface area (TPSA) is 35.2 Å². The van der Waals surface area contributed by atoms with Gasteiger partial charge >= 0.3 is 0 Å². The third-order valence-electron chi connectivity index (χ3n) is 3.65. The van der Waals surface area contributed by atoms with Crippen molar-refractivity contribution in [1.82, 2.24) is 0 Å². The Morgan fingerprint density at radius 3 is 2.47 bits per heavy atom. The number of rotatable bonds is 8. The van der Waals surface area contributed by atoms with Crippen LogP contribution in [0.5, 0.6) is 0 Å². The summed E-state index contributed by atoms with van der Waals surface area (Å²) >= 11 is 0. The van der Waals surface area contributed by atoms with Crippen LogP contribution in [0.25, 0.3) is 0 Å². The first-order chi connectivity index (χ1) is 7.77. The summed E-state index contributed by atoms with van der Waals surface area (Å²) in [5.41, 5.74) is 5.17. The van der Waals surface area contributed by atoms with E-state index in [0.29, 0.717) is 13.0 Å². The predicted octanol–water partition coefficient (Wildman–Crippen LogP) is 3.99. The van der Waals surface area contributed by atoms with Gasteiger partial charge < -0.3 is 10.2 Å². The fourth-order valence-corrected chi connectivity index (χ4v) is 3.61. The van der Waals surface area contributed by atoms with E-state index in [0.717, 1.165) is 0 Å². The lowest BCUT2D eigenvalue weighted by Crippen LogP contribution is -2.42. The van der Waals surface area contributed by atoms with E-state index in [-0.39, 0.29) is 17.4 Å². The van der Waals surface area contributed by atoms with Gasteiger partial charge in [-0.15, -0.1) is 0 Å². The van der Waals surface area contributed by atoms with Crippen LogP contribution in [0.1, 0.15) is 40.0 Å². The fraction of sp³-hybridized carbons (Fsp3) is 0.846. The van der Waals surface area contributed by atoms with Crippen LogP contribution in [0.4, 0.5) is 4.39 Å². The van der Waals surface area contributed by atoms with Gasteiger partial charge in [0.2, 0.25) is 0 Å². The summed E-state index contributed by atoms with van der Waals surface area (Å²) in [6.07, 6.45) is 4.49. The first kappa shape index (κ1) is 16.8. The van der Waals surface area contributed by atoms with Crippen LogP contribution in [0, 0.1) is 0 Å². The van der Waals surface area contributed by atoms with E-state index in [1.54, 1.807) is 0 Å². The lowest BCUT2D eigenvalue weighted by Gasteiger charge is -2.39. The van der Waals surface area contributed by atoms with Crippen LogP contribution in [0.2, 0.25) is 18.1 Å². The van der Waals surface area contributed by atoms with Crippen molar-refractivity contribution in [2.24, 2.45) is 5.73 Å². The molecule has 0 amide bonds. The quantitative estimate of drug-likeness (QED) is 0.529. The molecule has 17 heavy (non-hydrogen) atoms. The standard InChI is InChI=1S/C13H28FNOSi/c1-6-9-13(2,3)17(4,5)16-10-7-8-12(14)11-15/h8H,6-7,9-11,15H2,1-5H3. The van der Waals surface area contributed by atoms with Gasteiger partial charge in [0, 0.05) is 13.2 Å². The van der Waals surface area contributed by atoms with Gasteiger partial charge in [0.25, 0.3) is 0 Å². The molecule has 0 spiro atoms. The highest BCUT2D eigenvalue weighted by Gasteiger charge is 2.39. The molecule has 0 aliphatic heterocycles. The largest absolute Gasteiger partial charge is 0.417 e. The molecule has 102 valence electrons. The first-order valence-corrected chi connectivity index (χ1v) is 9.36. The van der Waals surface area contributed by atoms with Crippen molar-refractivity contribution in [2.45, 2.75) is 58.2 Å². The summed E-state index contributed by atoms with van der Waals surface area (Å²) in [5, 5.41) is 0.262. The second kappa shape index (κ2) is 7.29. The van der Waals surface area contributed by atoms with Crippen molar-refractivity contribution in [2.75, 3.05) is 13.2 Å². The molecule has 2 nitrogen and oxygen atoms in total. The molecule has 0 fully saturated rings. The highest BCUT2D eigenvalue weighted by Crippen LogP contribution is 2.41. The summed E-state index contributed by atoms with van der Waals surface area (Å²) in [4.78, 5) is 0. The van der Waals surface area contributed by atoms with E-state index < -0.39 is 8.32 Å². The lowest BCUT2D eigenvalue weighted by atomic mass is 10.1. The molecule has 0 rings (SSSR count). The van der Waals surface area contributed by atoms with E-state index in [4.69, 9.17) is 10.2 Å². The van der Waals surface area contributed by atoms with Crippen LogP contribution in [0.3, 0.4) is 0 Å². The molecule has 0 aromatic heterocycles. The molecule has 2 N–H and O–H groups in total. The molecule has 0 saturated carbocycles. The van der Waals surface area contributed by atoms with Crippen LogP contribution in [-0.2, 0) is 4.43 Å². The molecule has 0 aliphatic carbocycles. The van der Waals surface area contributed by atoms with Gasteiger partial charge in [-0.05, 0) is 37.0 Å². The molecule has 0 atom stereocenters. The second-order valence-corrected chi connectivity index (χ2v) is 10.3. The zero-order chi connectivity index (χ0) is 13.5. The van der Waals surface area contributed by atoms with Crippen molar-refractivity contribution in [3.05, 3.63) is 11.9 Å². The Bertz CT molecular complexity index is 252. The molecular formula is C13H28FNOSi. The Morgan fingerprint density at radius 1 is 1.41 bits per heavy atom. The summed E-state index contributed by atoms with van der Waals surface area (Å²) in [6, 6.07) is 0. The fourth-order valence-electron chi connectivity index (χ4n) is 1.73. The third-order valence-corrected chi connectivity index (χ3v) is 8.08. The van der Waals surface area contributed by atoms with Crippen molar-refractivity contribution < 1.29 is 8.82 Å². The summed E-state index contributed by atoms with van der Waals surface area (Å²) < 4.78 is 18.8. The zero-order valence-corrected chi connectivity index (χ0v) is 13.0. The van der Waals surface area contributed by atoms with Gasteiger partial charge in [-0.25, -0.2) is 4.39 Å². The van der Waals surface area contributed by atoms with E-state index in [1.165, 1.54) is 18.9 Å². The van der Waals surface area contributed by atoms with Gasteiger partial charge in [0.1, 0.15) is 5.83 Å². The minimum absolute atomic E-state index is 0.0118. The van der Waals surface area contributed by atoms with Crippen molar-refractivity contribution in [3.63, 3.8) is 0 Å². The molecule has 0 aliphatic rings. The molecule has 0 saturated heterocycles. The van der Waals surface area contributed by atoms with Crippen LogP contribution in [0.15, 0.2) is 11.9 Å². The maximum absolute atomic E-state index is 12.8. The van der Waals surface area contributed by atoms with Crippen LogP contribution < -0.4 is 5.73 Å². The van der Waals surface area contributed by atoms with E-state index in [9.17, 15) is 4.39 Å². The lowest BCUT2D eigenvalue weighted by molar-refractivity contribution is 0.285. The predicted molar refractivity (Wildman–Crippen MR) is 75.2 cm³/mol.